The van der Waals surface area contributed by atoms with Crippen LogP contribution in [0.1, 0.15) is 37.2 Å². The Labute approximate surface area is 72.7 Å². The first-order valence-electron chi connectivity index (χ1n) is 4.56. The second kappa shape index (κ2) is 2.63. The van der Waals surface area contributed by atoms with Crippen molar-refractivity contribution in [3.05, 3.63) is 23.7 Å². The second-order valence-corrected chi connectivity index (χ2v) is 3.77. The van der Waals surface area contributed by atoms with Crippen LogP contribution >= 0.6 is 0 Å². The topological polar surface area (TPSA) is 39.2 Å². The molecule has 0 atom stereocenters. The first-order chi connectivity index (χ1) is 5.71. The lowest BCUT2D eigenvalue weighted by molar-refractivity contribution is 0.341. The van der Waals surface area contributed by atoms with Crippen molar-refractivity contribution in [3.8, 4) is 0 Å². The van der Waals surface area contributed by atoms with E-state index in [9.17, 15) is 0 Å². The molecule has 1 heterocycles. The van der Waals surface area contributed by atoms with E-state index >= 15 is 0 Å². The summed E-state index contributed by atoms with van der Waals surface area (Å²) in [6.07, 6.45) is 4.60. The molecule has 2 heteroatoms. The molecule has 66 valence electrons. The molecule has 1 saturated carbocycles. The van der Waals surface area contributed by atoms with E-state index in [0.29, 0.717) is 0 Å². The van der Waals surface area contributed by atoms with Crippen LogP contribution in [0.3, 0.4) is 0 Å². The zero-order valence-corrected chi connectivity index (χ0v) is 7.47. The molecule has 0 aromatic carbocycles. The highest BCUT2D eigenvalue weighted by Gasteiger charge is 2.33. The van der Waals surface area contributed by atoms with Crippen LogP contribution in [0.25, 0.3) is 0 Å². The summed E-state index contributed by atoms with van der Waals surface area (Å²) in [5, 5.41) is 0. The van der Waals surface area contributed by atoms with Crippen LogP contribution in [-0.2, 0) is 5.54 Å². The molecule has 2 N–H and O–H groups in total. The minimum absolute atomic E-state index is 0.158. The molecule has 0 unspecified atom stereocenters. The highest BCUT2D eigenvalue weighted by Crippen LogP contribution is 2.36. The molecule has 2 nitrogen and oxygen atoms in total. The van der Waals surface area contributed by atoms with Crippen molar-refractivity contribution in [2.24, 2.45) is 5.73 Å². The molecule has 2 rings (SSSR count). The maximum absolute atomic E-state index is 6.20. The number of furan rings is 1. The minimum Gasteiger partial charge on any atom is -0.464 e. The predicted octanol–water partition coefficient (Wildman–Crippen LogP) is 2.32. The van der Waals surface area contributed by atoms with E-state index in [1.165, 1.54) is 12.8 Å². The van der Waals surface area contributed by atoms with E-state index in [2.05, 4.69) is 0 Å². The molecular weight excluding hydrogens is 150 g/mol. The van der Waals surface area contributed by atoms with E-state index in [1.807, 2.05) is 19.1 Å². The molecule has 0 radical (unpaired) electrons. The van der Waals surface area contributed by atoms with E-state index in [4.69, 9.17) is 10.2 Å². The molecule has 0 aliphatic heterocycles. The maximum Gasteiger partial charge on any atom is 0.123 e. The van der Waals surface area contributed by atoms with Gasteiger partial charge in [-0.25, -0.2) is 0 Å². The Bertz CT molecular complexity index is 271. The lowest BCUT2D eigenvalue weighted by Crippen LogP contribution is -2.32. The van der Waals surface area contributed by atoms with Crippen molar-refractivity contribution >= 4 is 0 Å². The Morgan fingerprint density at radius 1 is 1.33 bits per heavy atom. The number of hydrogen-bond acceptors (Lipinski definition) is 2. The van der Waals surface area contributed by atoms with Gasteiger partial charge in [-0.3, -0.25) is 0 Å². The molecule has 0 spiro atoms. The molecule has 12 heavy (non-hydrogen) atoms. The van der Waals surface area contributed by atoms with Gasteiger partial charge in [0.15, 0.2) is 0 Å². The summed E-state index contributed by atoms with van der Waals surface area (Å²) in [5.74, 6) is 1.93. The van der Waals surface area contributed by atoms with E-state index < -0.39 is 0 Å². The molecule has 0 amide bonds. The molecule has 0 bridgehead atoms. The fourth-order valence-electron chi connectivity index (χ4n) is 1.95. The average Bonchev–Trinajstić information content (AvgIpc) is 2.59. The highest BCUT2D eigenvalue weighted by molar-refractivity contribution is 5.16. The van der Waals surface area contributed by atoms with Crippen molar-refractivity contribution in [2.45, 2.75) is 38.1 Å². The van der Waals surface area contributed by atoms with Crippen LogP contribution in [0, 0.1) is 6.92 Å². The number of hydrogen-bond donors (Lipinski definition) is 1. The molecule has 1 aliphatic carbocycles. The van der Waals surface area contributed by atoms with Gasteiger partial charge < -0.3 is 10.2 Å². The molecule has 1 aromatic rings. The van der Waals surface area contributed by atoms with Gasteiger partial charge in [-0.1, -0.05) is 12.8 Å². The van der Waals surface area contributed by atoms with Crippen molar-refractivity contribution in [1.29, 1.82) is 0 Å². The minimum atomic E-state index is -0.158. The quantitative estimate of drug-likeness (QED) is 0.693. The first kappa shape index (κ1) is 7.87. The molecule has 1 fully saturated rings. The first-order valence-corrected chi connectivity index (χ1v) is 4.56. The Kier molecular flexibility index (Phi) is 1.72. The Morgan fingerprint density at radius 2 is 2.00 bits per heavy atom. The van der Waals surface area contributed by atoms with Gasteiger partial charge in [-0.2, -0.15) is 0 Å². The Balaban J connectivity index is 2.28. The van der Waals surface area contributed by atoms with Gasteiger partial charge in [0, 0.05) is 0 Å². The van der Waals surface area contributed by atoms with Gasteiger partial charge in [-0.15, -0.1) is 0 Å². The van der Waals surface area contributed by atoms with Crippen LogP contribution in [0.4, 0.5) is 0 Å². The number of nitrogens with two attached hydrogens (primary N) is 1. The van der Waals surface area contributed by atoms with Crippen LogP contribution in [0.5, 0.6) is 0 Å². The average molecular weight is 165 g/mol. The maximum atomic E-state index is 6.20. The van der Waals surface area contributed by atoms with Gasteiger partial charge in [0.05, 0.1) is 5.54 Å². The van der Waals surface area contributed by atoms with Crippen molar-refractivity contribution < 1.29 is 4.42 Å². The van der Waals surface area contributed by atoms with E-state index in [-0.39, 0.29) is 5.54 Å². The third-order valence-electron chi connectivity index (χ3n) is 2.73. The highest BCUT2D eigenvalue weighted by atomic mass is 16.3. The third-order valence-corrected chi connectivity index (χ3v) is 2.73. The number of aryl methyl sites for hydroxylation is 1. The summed E-state index contributed by atoms with van der Waals surface area (Å²) in [5.41, 5.74) is 6.04. The van der Waals surface area contributed by atoms with Gasteiger partial charge >= 0.3 is 0 Å². The zero-order chi connectivity index (χ0) is 8.60. The summed E-state index contributed by atoms with van der Waals surface area (Å²) in [7, 11) is 0. The van der Waals surface area contributed by atoms with Gasteiger partial charge in [-0.05, 0) is 31.9 Å². The normalized spacial score (nSPS) is 21.5. The van der Waals surface area contributed by atoms with E-state index in [1.54, 1.807) is 0 Å². The second-order valence-electron chi connectivity index (χ2n) is 3.77. The monoisotopic (exact) mass is 165 g/mol. The fraction of sp³-hybridized carbons (Fsp3) is 0.600. The van der Waals surface area contributed by atoms with Crippen molar-refractivity contribution in [2.75, 3.05) is 0 Å². The Hall–Kier alpha value is -0.760. The van der Waals surface area contributed by atoms with Crippen LogP contribution in [0.2, 0.25) is 0 Å². The zero-order valence-electron chi connectivity index (χ0n) is 7.47. The Morgan fingerprint density at radius 3 is 2.50 bits per heavy atom. The summed E-state index contributed by atoms with van der Waals surface area (Å²) in [6, 6.07) is 4.00. The molecule has 1 aliphatic rings. The standard InChI is InChI=1S/C10H15NO/c1-8-4-5-9(12-8)10(11)6-2-3-7-10/h4-5H,2-3,6-7,11H2,1H3. The van der Waals surface area contributed by atoms with Gasteiger partial charge in [0.1, 0.15) is 11.5 Å². The lowest BCUT2D eigenvalue weighted by Gasteiger charge is -2.20. The van der Waals surface area contributed by atoms with Crippen LogP contribution in [0.15, 0.2) is 16.5 Å². The van der Waals surface area contributed by atoms with E-state index in [0.717, 1.165) is 24.4 Å². The summed E-state index contributed by atoms with van der Waals surface area (Å²) >= 11 is 0. The molecule has 1 aromatic heterocycles. The summed E-state index contributed by atoms with van der Waals surface area (Å²) < 4.78 is 5.55. The molecule has 0 saturated heterocycles. The predicted molar refractivity (Wildman–Crippen MR) is 47.8 cm³/mol. The SMILES string of the molecule is Cc1ccc(C2(N)CCCC2)o1. The smallest absolute Gasteiger partial charge is 0.123 e. The number of rotatable bonds is 1. The van der Waals surface area contributed by atoms with Gasteiger partial charge in [0.2, 0.25) is 0 Å². The van der Waals surface area contributed by atoms with Gasteiger partial charge in [0.25, 0.3) is 0 Å². The van der Waals surface area contributed by atoms with Crippen molar-refractivity contribution in [3.63, 3.8) is 0 Å². The third kappa shape index (κ3) is 1.16. The lowest BCUT2D eigenvalue weighted by atomic mass is 9.96. The summed E-state index contributed by atoms with van der Waals surface area (Å²) in [4.78, 5) is 0. The van der Waals surface area contributed by atoms with Crippen LogP contribution in [-0.4, -0.2) is 0 Å². The summed E-state index contributed by atoms with van der Waals surface area (Å²) in [6.45, 7) is 1.96. The molecular formula is C10H15NO. The fourth-order valence-corrected chi connectivity index (χ4v) is 1.95. The largest absolute Gasteiger partial charge is 0.464 e. The van der Waals surface area contributed by atoms with Crippen molar-refractivity contribution in [1.82, 2.24) is 0 Å². The van der Waals surface area contributed by atoms with Crippen LogP contribution < -0.4 is 5.73 Å².